The van der Waals surface area contributed by atoms with Gasteiger partial charge >= 0.3 is 0 Å². The molecule has 0 atom stereocenters. The summed E-state index contributed by atoms with van der Waals surface area (Å²) in [6.07, 6.45) is 1.75. The molecule has 0 unspecified atom stereocenters. The Morgan fingerprint density at radius 2 is 2.13 bits per heavy atom. The lowest BCUT2D eigenvalue weighted by Crippen LogP contribution is -2.12. The van der Waals surface area contributed by atoms with Crippen molar-refractivity contribution >= 4 is 27.9 Å². The predicted octanol–water partition coefficient (Wildman–Crippen LogP) is 2.07. The molecule has 0 fully saturated rings. The van der Waals surface area contributed by atoms with Crippen molar-refractivity contribution in [2.45, 2.75) is 6.42 Å². The van der Waals surface area contributed by atoms with Crippen LogP contribution in [0.15, 0.2) is 16.6 Å². The van der Waals surface area contributed by atoms with Crippen molar-refractivity contribution in [2.75, 3.05) is 26.0 Å². The fourth-order valence-corrected chi connectivity index (χ4v) is 1.99. The lowest BCUT2D eigenvalue weighted by Gasteiger charge is -2.11. The molecule has 0 heterocycles. The summed E-state index contributed by atoms with van der Waals surface area (Å²) in [4.78, 5) is 11.0. The van der Waals surface area contributed by atoms with Crippen molar-refractivity contribution in [1.29, 1.82) is 0 Å². The minimum Gasteiger partial charge on any atom is -0.388 e. The van der Waals surface area contributed by atoms with E-state index < -0.39 is 0 Å². The monoisotopic (exact) mass is 270 g/mol. The Labute approximate surface area is 98.4 Å². The van der Waals surface area contributed by atoms with Crippen LogP contribution in [0.25, 0.3) is 0 Å². The van der Waals surface area contributed by atoms with Crippen LogP contribution in [0, 0.1) is 0 Å². The van der Waals surface area contributed by atoms with Crippen LogP contribution in [0.4, 0.5) is 5.69 Å². The van der Waals surface area contributed by atoms with Crippen LogP contribution in [0.2, 0.25) is 0 Å². The van der Waals surface area contributed by atoms with E-state index in [0.717, 1.165) is 40.5 Å². The SMILES string of the molecule is CNCCc1cc(Br)cc(NC)c1C=O. The molecule has 0 aliphatic carbocycles. The van der Waals surface area contributed by atoms with Gasteiger partial charge in [0.05, 0.1) is 0 Å². The van der Waals surface area contributed by atoms with Crippen molar-refractivity contribution in [1.82, 2.24) is 5.32 Å². The van der Waals surface area contributed by atoms with Gasteiger partial charge in [0.2, 0.25) is 0 Å². The van der Waals surface area contributed by atoms with Gasteiger partial charge in [0, 0.05) is 22.8 Å². The first-order valence-corrected chi connectivity index (χ1v) is 5.62. The van der Waals surface area contributed by atoms with Crippen molar-refractivity contribution in [2.24, 2.45) is 0 Å². The molecule has 0 amide bonds. The van der Waals surface area contributed by atoms with E-state index in [1.807, 2.05) is 26.2 Å². The Hall–Kier alpha value is -0.870. The first-order chi connectivity index (χ1) is 7.22. The zero-order chi connectivity index (χ0) is 11.3. The minimum absolute atomic E-state index is 0.746. The molecule has 0 saturated heterocycles. The lowest BCUT2D eigenvalue weighted by molar-refractivity contribution is 0.112. The second kappa shape index (κ2) is 5.88. The highest BCUT2D eigenvalue weighted by Gasteiger charge is 2.08. The number of nitrogens with one attached hydrogen (secondary N) is 2. The standard InChI is InChI=1S/C11H15BrN2O/c1-13-4-3-8-5-9(12)6-11(14-2)10(8)7-15/h5-7,13-14H,3-4H2,1-2H3. The molecule has 1 rings (SSSR count). The van der Waals surface area contributed by atoms with Crippen LogP contribution in [-0.4, -0.2) is 26.9 Å². The largest absolute Gasteiger partial charge is 0.388 e. The van der Waals surface area contributed by atoms with Crippen LogP contribution in [-0.2, 0) is 6.42 Å². The number of benzene rings is 1. The summed E-state index contributed by atoms with van der Waals surface area (Å²) in [5.41, 5.74) is 2.67. The van der Waals surface area contributed by atoms with Gasteiger partial charge in [-0.2, -0.15) is 0 Å². The fraction of sp³-hybridized carbons (Fsp3) is 0.364. The number of carbonyl (C=O) groups excluding carboxylic acids is 1. The second-order valence-electron chi connectivity index (χ2n) is 3.25. The van der Waals surface area contributed by atoms with Gasteiger partial charge in [-0.15, -0.1) is 0 Å². The van der Waals surface area contributed by atoms with Crippen LogP contribution >= 0.6 is 15.9 Å². The van der Waals surface area contributed by atoms with E-state index in [0.29, 0.717) is 0 Å². The van der Waals surface area contributed by atoms with Crippen LogP contribution in [0.3, 0.4) is 0 Å². The van der Waals surface area contributed by atoms with Gasteiger partial charge in [-0.1, -0.05) is 15.9 Å². The molecule has 0 saturated carbocycles. The summed E-state index contributed by atoms with van der Waals surface area (Å²) in [7, 11) is 3.72. The summed E-state index contributed by atoms with van der Waals surface area (Å²) in [5.74, 6) is 0. The first kappa shape index (κ1) is 12.2. The number of hydrogen-bond donors (Lipinski definition) is 2. The molecule has 4 heteroatoms. The molecule has 0 aliphatic rings. The Bertz CT molecular complexity index is 353. The third-order valence-electron chi connectivity index (χ3n) is 2.26. The number of anilines is 1. The van der Waals surface area contributed by atoms with Crippen LogP contribution < -0.4 is 10.6 Å². The first-order valence-electron chi connectivity index (χ1n) is 4.83. The van der Waals surface area contributed by atoms with Gasteiger partial charge in [-0.05, 0) is 37.7 Å². The third-order valence-corrected chi connectivity index (χ3v) is 2.72. The average Bonchev–Trinajstić information content (AvgIpc) is 2.25. The van der Waals surface area contributed by atoms with Crippen LogP contribution in [0.1, 0.15) is 15.9 Å². The highest BCUT2D eigenvalue weighted by Crippen LogP contribution is 2.24. The minimum atomic E-state index is 0.746. The predicted molar refractivity (Wildman–Crippen MR) is 66.7 cm³/mol. The molecular formula is C11H15BrN2O. The molecule has 15 heavy (non-hydrogen) atoms. The molecule has 82 valence electrons. The van der Waals surface area contributed by atoms with E-state index >= 15 is 0 Å². The van der Waals surface area contributed by atoms with Gasteiger partial charge in [-0.3, -0.25) is 4.79 Å². The summed E-state index contributed by atoms with van der Waals surface area (Å²) in [6, 6.07) is 3.90. The highest BCUT2D eigenvalue weighted by molar-refractivity contribution is 9.10. The maximum atomic E-state index is 11.0. The maximum Gasteiger partial charge on any atom is 0.152 e. The number of hydrogen-bond acceptors (Lipinski definition) is 3. The van der Waals surface area contributed by atoms with Gasteiger partial charge < -0.3 is 10.6 Å². The summed E-state index contributed by atoms with van der Waals surface area (Å²) < 4.78 is 0.989. The molecular weight excluding hydrogens is 256 g/mol. The molecule has 0 bridgehead atoms. The van der Waals surface area contributed by atoms with E-state index in [9.17, 15) is 4.79 Å². The number of carbonyl (C=O) groups is 1. The topological polar surface area (TPSA) is 41.1 Å². The molecule has 2 N–H and O–H groups in total. The summed E-state index contributed by atoms with van der Waals surface area (Å²) in [5, 5.41) is 6.10. The number of likely N-dealkylation sites (N-methyl/N-ethyl adjacent to an activating group) is 1. The van der Waals surface area contributed by atoms with E-state index in [1.165, 1.54) is 0 Å². The third kappa shape index (κ3) is 3.04. The van der Waals surface area contributed by atoms with Crippen molar-refractivity contribution < 1.29 is 4.79 Å². The highest BCUT2D eigenvalue weighted by atomic mass is 79.9. The smallest absolute Gasteiger partial charge is 0.152 e. The second-order valence-corrected chi connectivity index (χ2v) is 4.16. The summed E-state index contributed by atoms with van der Waals surface area (Å²) >= 11 is 3.43. The van der Waals surface area contributed by atoms with Gasteiger partial charge in [-0.25, -0.2) is 0 Å². The maximum absolute atomic E-state index is 11.0. The molecule has 1 aromatic rings. The van der Waals surface area contributed by atoms with Gasteiger partial charge in [0.15, 0.2) is 6.29 Å². The number of halogens is 1. The zero-order valence-corrected chi connectivity index (χ0v) is 10.5. The molecule has 0 aliphatic heterocycles. The molecule has 0 radical (unpaired) electrons. The number of rotatable bonds is 5. The Kier molecular flexibility index (Phi) is 4.78. The van der Waals surface area contributed by atoms with E-state index in [4.69, 9.17) is 0 Å². The number of aldehydes is 1. The normalized spacial score (nSPS) is 10.1. The Balaban J connectivity index is 3.10. The van der Waals surface area contributed by atoms with E-state index in [-0.39, 0.29) is 0 Å². The molecule has 3 nitrogen and oxygen atoms in total. The quantitative estimate of drug-likeness (QED) is 0.805. The van der Waals surface area contributed by atoms with E-state index in [2.05, 4.69) is 26.6 Å². The van der Waals surface area contributed by atoms with Gasteiger partial charge in [0.1, 0.15) is 0 Å². The fourth-order valence-electron chi connectivity index (χ4n) is 1.49. The van der Waals surface area contributed by atoms with Gasteiger partial charge in [0.25, 0.3) is 0 Å². The molecule has 1 aromatic carbocycles. The average molecular weight is 271 g/mol. The Morgan fingerprint density at radius 3 is 2.67 bits per heavy atom. The summed E-state index contributed by atoms with van der Waals surface area (Å²) in [6.45, 7) is 0.862. The Morgan fingerprint density at radius 1 is 1.40 bits per heavy atom. The van der Waals surface area contributed by atoms with Crippen LogP contribution in [0.5, 0.6) is 0 Å². The zero-order valence-electron chi connectivity index (χ0n) is 8.93. The van der Waals surface area contributed by atoms with E-state index in [1.54, 1.807) is 0 Å². The van der Waals surface area contributed by atoms with Crippen molar-refractivity contribution in [3.05, 3.63) is 27.7 Å². The molecule has 0 aromatic heterocycles. The van der Waals surface area contributed by atoms with Crippen molar-refractivity contribution in [3.63, 3.8) is 0 Å². The lowest BCUT2D eigenvalue weighted by atomic mass is 10.0. The van der Waals surface area contributed by atoms with Crippen molar-refractivity contribution in [3.8, 4) is 0 Å². The molecule has 0 spiro atoms.